The molecule has 2 N–H and O–H groups in total. The van der Waals surface area contributed by atoms with Crippen molar-refractivity contribution in [2.75, 3.05) is 57.4 Å². The number of guanidine groups is 1. The molecule has 0 atom stereocenters. The van der Waals surface area contributed by atoms with Crippen LogP contribution in [0.1, 0.15) is 38.2 Å². The first-order chi connectivity index (χ1) is 14.3. The smallest absolute Gasteiger partial charge is 0.226 e. The molecule has 0 bridgehead atoms. The van der Waals surface area contributed by atoms with Crippen molar-refractivity contribution in [3.8, 4) is 0 Å². The molecule has 0 aliphatic carbocycles. The molecule has 0 radical (unpaired) electrons. The van der Waals surface area contributed by atoms with Crippen LogP contribution < -0.4 is 15.5 Å². The predicted octanol–water partition coefficient (Wildman–Crippen LogP) is 2.60. The number of carbonyl (C=O) groups is 1. The van der Waals surface area contributed by atoms with Crippen molar-refractivity contribution < 1.29 is 9.53 Å². The second-order valence-electron chi connectivity index (χ2n) is 7.60. The summed E-state index contributed by atoms with van der Waals surface area (Å²) in [6.45, 7) is 10.1. The maximum absolute atomic E-state index is 12.1. The molecule has 7 nitrogen and oxygen atoms in total. The van der Waals surface area contributed by atoms with E-state index in [1.54, 1.807) is 0 Å². The molecule has 2 saturated heterocycles. The highest BCUT2D eigenvalue weighted by atomic mass is 127. The summed E-state index contributed by atoms with van der Waals surface area (Å²) < 4.78 is 5.39. The number of piperidine rings is 1. The second kappa shape index (κ2) is 13.8. The molecule has 8 heteroatoms. The number of anilines is 1. The standard InChI is InChI=1S/C22H35N5O2.HI/c1-2-23-22(24-11-5-12-26-14-16-29-17-15-26)25-18-19-7-9-20(10-8-19)27-13-4-3-6-21(27)28;/h7-10H,2-6,11-18H2,1H3,(H2,23,24,25);1H. The SMILES string of the molecule is CCNC(=NCc1ccc(N2CCCCC2=O)cc1)NCCCN1CCOCC1.I. The Morgan fingerprint density at radius 2 is 1.87 bits per heavy atom. The number of benzene rings is 1. The minimum absolute atomic E-state index is 0. The Balaban J connectivity index is 0.00000320. The van der Waals surface area contributed by atoms with Crippen molar-refractivity contribution in [1.82, 2.24) is 15.5 Å². The third-order valence-corrected chi connectivity index (χ3v) is 5.38. The molecule has 1 aromatic carbocycles. The lowest BCUT2D eigenvalue weighted by atomic mass is 10.1. The van der Waals surface area contributed by atoms with Crippen LogP contribution in [0.5, 0.6) is 0 Å². The number of ether oxygens (including phenoxy) is 1. The highest BCUT2D eigenvalue weighted by Gasteiger charge is 2.19. The molecule has 2 aliphatic heterocycles. The lowest BCUT2D eigenvalue weighted by Gasteiger charge is -2.26. The molecular formula is C22H36IN5O2. The maximum atomic E-state index is 12.1. The number of halogens is 1. The van der Waals surface area contributed by atoms with Crippen LogP contribution in [-0.2, 0) is 16.1 Å². The molecule has 168 valence electrons. The van der Waals surface area contributed by atoms with Gasteiger partial charge in [0.15, 0.2) is 5.96 Å². The summed E-state index contributed by atoms with van der Waals surface area (Å²) in [6.07, 6.45) is 3.84. The third-order valence-electron chi connectivity index (χ3n) is 5.38. The van der Waals surface area contributed by atoms with Gasteiger partial charge >= 0.3 is 0 Å². The average Bonchev–Trinajstić information content (AvgIpc) is 2.76. The van der Waals surface area contributed by atoms with Crippen molar-refractivity contribution in [1.29, 1.82) is 0 Å². The van der Waals surface area contributed by atoms with Crippen LogP contribution in [0, 0.1) is 0 Å². The third kappa shape index (κ3) is 8.03. The zero-order chi connectivity index (χ0) is 20.3. The Bertz CT molecular complexity index is 662. The molecule has 1 amide bonds. The van der Waals surface area contributed by atoms with Gasteiger partial charge in [0, 0.05) is 44.8 Å². The lowest BCUT2D eigenvalue weighted by molar-refractivity contribution is -0.119. The van der Waals surface area contributed by atoms with Gasteiger partial charge in [0.05, 0.1) is 19.8 Å². The van der Waals surface area contributed by atoms with E-state index in [1.165, 1.54) is 0 Å². The first kappa shape index (κ1) is 24.9. The van der Waals surface area contributed by atoms with Crippen molar-refractivity contribution in [3.63, 3.8) is 0 Å². The van der Waals surface area contributed by atoms with Crippen molar-refractivity contribution in [2.24, 2.45) is 4.99 Å². The Morgan fingerprint density at radius 1 is 1.10 bits per heavy atom. The number of aliphatic imine (C=N–C) groups is 1. The summed E-state index contributed by atoms with van der Waals surface area (Å²) in [5.41, 5.74) is 2.14. The molecule has 2 fully saturated rings. The van der Waals surface area contributed by atoms with Gasteiger partial charge in [0.25, 0.3) is 0 Å². The van der Waals surface area contributed by atoms with E-state index in [2.05, 4.69) is 34.6 Å². The first-order valence-electron chi connectivity index (χ1n) is 11.0. The highest BCUT2D eigenvalue weighted by Crippen LogP contribution is 2.21. The van der Waals surface area contributed by atoms with Crippen LogP contribution >= 0.6 is 24.0 Å². The van der Waals surface area contributed by atoms with Gasteiger partial charge in [-0.15, -0.1) is 24.0 Å². The molecule has 0 aromatic heterocycles. The van der Waals surface area contributed by atoms with E-state index in [0.717, 1.165) is 89.0 Å². The number of morpholine rings is 1. The van der Waals surface area contributed by atoms with Crippen molar-refractivity contribution >= 4 is 41.5 Å². The molecule has 0 unspecified atom stereocenters. The number of hydrogen-bond donors (Lipinski definition) is 2. The second-order valence-corrected chi connectivity index (χ2v) is 7.60. The quantitative estimate of drug-likeness (QED) is 0.235. The van der Waals surface area contributed by atoms with E-state index < -0.39 is 0 Å². The Kier molecular flexibility index (Phi) is 11.5. The Hall–Kier alpha value is -1.39. The van der Waals surface area contributed by atoms with E-state index in [4.69, 9.17) is 9.73 Å². The number of carbonyl (C=O) groups excluding carboxylic acids is 1. The number of nitrogens with one attached hydrogen (secondary N) is 2. The van der Waals surface area contributed by atoms with E-state index in [9.17, 15) is 4.79 Å². The van der Waals surface area contributed by atoms with Gasteiger partial charge < -0.3 is 20.3 Å². The lowest BCUT2D eigenvalue weighted by Crippen LogP contribution is -2.40. The van der Waals surface area contributed by atoms with Crippen LogP contribution in [0.4, 0.5) is 5.69 Å². The monoisotopic (exact) mass is 529 g/mol. The minimum Gasteiger partial charge on any atom is -0.379 e. The molecule has 2 aliphatic rings. The number of rotatable bonds is 8. The topological polar surface area (TPSA) is 69.2 Å². The minimum atomic E-state index is 0. The molecule has 0 spiro atoms. The maximum Gasteiger partial charge on any atom is 0.226 e. The van der Waals surface area contributed by atoms with E-state index in [1.807, 2.05) is 17.0 Å². The number of nitrogens with zero attached hydrogens (tertiary/aromatic N) is 3. The van der Waals surface area contributed by atoms with Crippen LogP contribution in [0.25, 0.3) is 0 Å². The molecular weight excluding hydrogens is 493 g/mol. The van der Waals surface area contributed by atoms with Crippen LogP contribution in [-0.4, -0.2) is 69.2 Å². The van der Waals surface area contributed by atoms with Gasteiger partial charge in [-0.1, -0.05) is 12.1 Å². The van der Waals surface area contributed by atoms with Gasteiger partial charge in [0.1, 0.15) is 0 Å². The molecule has 2 heterocycles. The average molecular weight is 529 g/mol. The summed E-state index contributed by atoms with van der Waals surface area (Å²) in [6, 6.07) is 8.22. The summed E-state index contributed by atoms with van der Waals surface area (Å²) in [5.74, 6) is 1.09. The van der Waals surface area contributed by atoms with Gasteiger partial charge in [0.2, 0.25) is 5.91 Å². The summed E-state index contributed by atoms with van der Waals surface area (Å²) in [5, 5.41) is 6.74. The normalized spacial score (nSPS) is 18.1. The van der Waals surface area contributed by atoms with Gasteiger partial charge in [-0.2, -0.15) is 0 Å². The number of amides is 1. The fraction of sp³-hybridized carbons (Fsp3) is 0.636. The van der Waals surface area contributed by atoms with Crippen LogP contribution in [0.2, 0.25) is 0 Å². The molecule has 1 aromatic rings. The molecule has 3 rings (SSSR count). The van der Waals surface area contributed by atoms with E-state index in [0.29, 0.717) is 13.0 Å². The largest absolute Gasteiger partial charge is 0.379 e. The predicted molar refractivity (Wildman–Crippen MR) is 133 cm³/mol. The first-order valence-corrected chi connectivity index (χ1v) is 11.0. The zero-order valence-electron chi connectivity index (χ0n) is 18.1. The fourth-order valence-corrected chi connectivity index (χ4v) is 3.71. The summed E-state index contributed by atoms with van der Waals surface area (Å²) in [4.78, 5) is 21.1. The zero-order valence-corrected chi connectivity index (χ0v) is 20.4. The van der Waals surface area contributed by atoms with E-state index in [-0.39, 0.29) is 29.9 Å². The van der Waals surface area contributed by atoms with Gasteiger partial charge in [-0.3, -0.25) is 9.69 Å². The Morgan fingerprint density at radius 3 is 2.57 bits per heavy atom. The summed E-state index contributed by atoms with van der Waals surface area (Å²) >= 11 is 0. The van der Waals surface area contributed by atoms with Gasteiger partial charge in [-0.05, 0) is 50.4 Å². The van der Waals surface area contributed by atoms with Crippen LogP contribution in [0.15, 0.2) is 29.3 Å². The Labute approximate surface area is 197 Å². The fourth-order valence-electron chi connectivity index (χ4n) is 3.71. The molecule has 30 heavy (non-hydrogen) atoms. The van der Waals surface area contributed by atoms with Crippen molar-refractivity contribution in [2.45, 2.75) is 39.2 Å². The van der Waals surface area contributed by atoms with Crippen molar-refractivity contribution in [3.05, 3.63) is 29.8 Å². The summed E-state index contributed by atoms with van der Waals surface area (Å²) in [7, 11) is 0. The highest BCUT2D eigenvalue weighted by molar-refractivity contribution is 14.0. The molecule has 0 saturated carbocycles. The van der Waals surface area contributed by atoms with Crippen LogP contribution in [0.3, 0.4) is 0 Å². The van der Waals surface area contributed by atoms with Gasteiger partial charge in [-0.25, -0.2) is 4.99 Å². The number of hydrogen-bond acceptors (Lipinski definition) is 4. The van der Waals surface area contributed by atoms with E-state index >= 15 is 0 Å².